The van der Waals surface area contributed by atoms with E-state index in [0.29, 0.717) is 0 Å². The van der Waals surface area contributed by atoms with Crippen LogP contribution in [0, 0.1) is 0 Å². The Kier molecular flexibility index (Phi) is 4.70. The van der Waals surface area contributed by atoms with E-state index in [1.807, 2.05) is 0 Å². The van der Waals surface area contributed by atoms with Gasteiger partial charge in [-0.25, -0.2) is 0 Å². The van der Waals surface area contributed by atoms with Crippen LogP contribution in [0.25, 0.3) is 33.0 Å². The third-order valence-electron chi connectivity index (χ3n) is 8.84. The number of fused-ring (bicyclic) bond motifs is 7. The molecule has 0 fully saturated rings. The predicted molar refractivity (Wildman–Crippen MR) is 164 cm³/mol. The maximum atomic E-state index is 2.50. The molecule has 186 valence electrons. The number of para-hydroxylation sites is 1. The monoisotopic (exact) mass is 499 g/mol. The number of hydrogen-bond donors (Lipinski definition) is 0. The van der Waals surface area contributed by atoms with E-state index in [1.54, 1.807) is 0 Å². The Morgan fingerprint density at radius 1 is 0.538 bits per heavy atom. The molecule has 0 radical (unpaired) electrons. The van der Waals surface area contributed by atoms with Crippen molar-refractivity contribution < 1.29 is 0 Å². The molecule has 0 aliphatic heterocycles. The average Bonchev–Trinajstić information content (AvgIpc) is 3.45. The number of rotatable bonds is 3. The van der Waals surface area contributed by atoms with Gasteiger partial charge in [0.15, 0.2) is 0 Å². The molecule has 1 nitrogen and oxygen atoms in total. The van der Waals surface area contributed by atoms with Crippen LogP contribution in [0.5, 0.6) is 0 Å². The summed E-state index contributed by atoms with van der Waals surface area (Å²) in [6.45, 7) is 4.74. The SMILES string of the molecule is CC1(C)c2ccccc2-c2c1cc1ccccc1c2N(c1ccccc1)c1ccc2c(c1)Cc1ccccc1-2. The first-order chi connectivity index (χ1) is 19.1. The first-order valence-electron chi connectivity index (χ1n) is 13.8. The Bertz CT molecular complexity index is 1910. The highest BCUT2D eigenvalue weighted by atomic mass is 15.1. The van der Waals surface area contributed by atoms with Crippen molar-refractivity contribution in [3.8, 4) is 22.3 Å². The summed E-state index contributed by atoms with van der Waals surface area (Å²) in [5.74, 6) is 0. The lowest BCUT2D eigenvalue weighted by Gasteiger charge is -2.31. The van der Waals surface area contributed by atoms with Crippen LogP contribution in [0.4, 0.5) is 17.1 Å². The average molecular weight is 500 g/mol. The van der Waals surface area contributed by atoms with Crippen molar-refractivity contribution >= 4 is 27.8 Å². The van der Waals surface area contributed by atoms with Crippen molar-refractivity contribution in [1.82, 2.24) is 0 Å². The zero-order chi connectivity index (χ0) is 26.1. The fourth-order valence-corrected chi connectivity index (χ4v) is 6.97. The van der Waals surface area contributed by atoms with E-state index in [4.69, 9.17) is 0 Å². The van der Waals surface area contributed by atoms with Crippen molar-refractivity contribution in [2.75, 3.05) is 4.90 Å². The van der Waals surface area contributed by atoms with E-state index in [-0.39, 0.29) is 5.41 Å². The summed E-state index contributed by atoms with van der Waals surface area (Å²) in [6, 6.07) is 47.1. The van der Waals surface area contributed by atoms with E-state index in [1.165, 1.54) is 72.3 Å². The normalized spacial score (nSPS) is 14.0. The topological polar surface area (TPSA) is 3.24 Å². The summed E-state index contributed by atoms with van der Waals surface area (Å²) >= 11 is 0. The molecule has 2 aliphatic rings. The maximum absolute atomic E-state index is 2.50. The molecule has 8 rings (SSSR count). The third-order valence-corrected chi connectivity index (χ3v) is 8.84. The first-order valence-corrected chi connectivity index (χ1v) is 13.8. The van der Waals surface area contributed by atoms with Gasteiger partial charge >= 0.3 is 0 Å². The Balaban J connectivity index is 1.45. The fourth-order valence-electron chi connectivity index (χ4n) is 6.97. The minimum atomic E-state index is -0.0767. The van der Waals surface area contributed by atoms with Crippen LogP contribution >= 0.6 is 0 Å². The highest BCUT2D eigenvalue weighted by Crippen LogP contribution is 2.56. The van der Waals surface area contributed by atoms with E-state index in [9.17, 15) is 0 Å². The van der Waals surface area contributed by atoms with Gasteiger partial charge in [-0.15, -0.1) is 0 Å². The molecule has 0 saturated carbocycles. The van der Waals surface area contributed by atoms with Crippen LogP contribution in [0.3, 0.4) is 0 Å². The summed E-state index contributed by atoms with van der Waals surface area (Å²) in [6.07, 6.45) is 0.978. The van der Waals surface area contributed by atoms with Gasteiger partial charge in [-0.2, -0.15) is 0 Å². The molecule has 0 unspecified atom stereocenters. The second-order valence-corrected chi connectivity index (χ2v) is 11.4. The van der Waals surface area contributed by atoms with E-state index < -0.39 is 0 Å². The smallest absolute Gasteiger partial charge is 0.0621 e. The molecule has 0 spiro atoms. The standard InChI is InChI=1S/C38H29N/c1-38(2)34-19-11-10-18-33(34)36-35(38)24-26-13-7-9-17-32(26)37(36)39(28-14-4-3-5-15-28)29-20-21-31-27(23-29)22-25-12-6-8-16-30(25)31/h3-21,23-24H,22H2,1-2H3. The second-order valence-electron chi connectivity index (χ2n) is 11.4. The quantitative estimate of drug-likeness (QED) is 0.234. The lowest BCUT2D eigenvalue weighted by molar-refractivity contribution is 0.661. The van der Waals surface area contributed by atoms with Gasteiger partial charge in [0.1, 0.15) is 0 Å². The molecule has 0 N–H and O–H groups in total. The molecule has 0 bridgehead atoms. The van der Waals surface area contributed by atoms with Gasteiger partial charge in [-0.1, -0.05) is 111 Å². The summed E-state index contributed by atoms with van der Waals surface area (Å²) in [4.78, 5) is 2.50. The minimum absolute atomic E-state index is 0.0767. The van der Waals surface area contributed by atoms with Crippen LogP contribution in [0.1, 0.15) is 36.1 Å². The Morgan fingerprint density at radius 2 is 1.23 bits per heavy atom. The Hall–Kier alpha value is -4.62. The van der Waals surface area contributed by atoms with Crippen LogP contribution < -0.4 is 4.90 Å². The summed E-state index contributed by atoms with van der Waals surface area (Å²) in [5, 5.41) is 2.55. The molecule has 0 amide bonds. The summed E-state index contributed by atoms with van der Waals surface area (Å²) in [5.41, 5.74) is 14.6. The van der Waals surface area contributed by atoms with Gasteiger partial charge in [-0.05, 0) is 81.1 Å². The van der Waals surface area contributed by atoms with E-state index in [0.717, 1.165) is 6.42 Å². The molecular formula is C38H29N. The highest BCUT2D eigenvalue weighted by Gasteiger charge is 2.39. The molecule has 0 saturated heterocycles. The Labute approximate surface area is 230 Å². The second kappa shape index (κ2) is 8.19. The highest BCUT2D eigenvalue weighted by molar-refractivity contribution is 6.09. The van der Waals surface area contributed by atoms with Gasteiger partial charge in [-0.3, -0.25) is 0 Å². The fraction of sp³-hybridized carbons (Fsp3) is 0.105. The largest absolute Gasteiger partial charge is 0.309 e. The minimum Gasteiger partial charge on any atom is -0.309 e. The van der Waals surface area contributed by atoms with E-state index >= 15 is 0 Å². The van der Waals surface area contributed by atoms with Crippen LogP contribution in [-0.4, -0.2) is 0 Å². The molecule has 0 aromatic heterocycles. The third kappa shape index (κ3) is 3.20. The first kappa shape index (κ1) is 22.4. The number of hydrogen-bond acceptors (Lipinski definition) is 1. The molecule has 1 heteroatoms. The molecule has 0 atom stereocenters. The van der Waals surface area contributed by atoms with Crippen molar-refractivity contribution in [1.29, 1.82) is 0 Å². The predicted octanol–water partition coefficient (Wildman–Crippen LogP) is 10.2. The molecule has 2 aliphatic carbocycles. The van der Waals surface area contributed by atoms with Crippen molar-refractivity contribution in [2.24, 2.45) is 0 Å². The number of anilines is 3. The molecule has 6 aromatic carbocycles. The maximum Gasteiger partial charge on any atom is 0.0621 e. The van der Waals surface area contributed by atoms with Crippen molar-refractivity contribution in [2.45, 2.75) is 25.7 Å². The van der Waals surface area contributed by atoms with Crippen molar-refractivity contribution in [3.05, 3.63) is 150 Å². The van der Waals surface area contributed by atoms with Crippen LogP contribution in [0.15, 0.2) is 127 Å². The summed E-state index contributed by atoms with van der Waals surface area (Å²) < 4.78 is 0. The zero-order valence-electron chi connectivity index (χ0n) is 22.3. The van der Waals surface area contributed by atoms with Gasteiger partial charge in [0.2, 0.25) is 0 Å². The van der Waals surface area contributed by atoms with E-state index in [2.05, 4.69) is 146 Å². The lowest BCUT2D eigenvalue weighted by Crippen LogP contribution is -2.16. The Morgan fingerprint density at radius 3 is 2.10 bits per heavy atom. The molecule has 0 heterocycles. The van der Waals surface area contributed by atoms with Crippen LogP contribution in [-0.2, 0) is 11.8 Å². The molecular weight excluding hydrogens is 470 g/mol. The van der Waals surface area contributed by atoms with Gasteiger partial charge < -0.3 is 4.90 Å². The van der Waals surface area contributed by atoms with Gasteiger partial charge in [0.05, 0.1) is 5.69 Å². The van der Waals surface area contributed by atoms with Gasteiger partial charge in [0.25, 0.3) is 0 Å². The van der Waals surface area contributed by atoms with Crippen LogP contribution in [0.2, 0.25) is 0 Å². The van der Waals surface area contributed by atoms with Gasteiger partial charge in [0, 0.05) is 27.7 Å². The molecule has 6 aromatic rings. The number of benzene rings is 6. The zero-order valence-corrected chi connectivity index (χ0v) is 22.3. The lowest BCUT2D eigenvalue weighted by atomic mass is 9.81. The summed E-state index contributed by atoms with van der Waals surface area (Å²) in [7, 11) is 0. The molecule has 39 heavy (non-hydrogen) atoms. The number of nitrogens with zero attached hydrogens (tertiary/aromatic N) is 1. The van der Waals surface area contributed by atoms with Crippen molar-refractivity contribution in [3.63, 3.8) is 0 Å².